The molecule has 4 N–H and O–H groups in total. The summed E-state index contributed by atoms with van der Waals surface area (Å²) in [7, 11) is 0. The third-order valence-electron chi connectivity index (χ3n) is 3.69. The van der Waals surface area contributed by atoms with E-state index in [9.17, 15) is 19.2 Å². The molecule has 1 saturated carbocycles. The van der Waals surface area contributed by atoms with E-state index in [1.54, 1.807) is 0 Å². The number of carbonyl (C=O) groups excluding carboxylic acids is 3. The van der Waals surface area contributed by atoms with Crippen molar-refractivity contribution in [1.82, 2.24) is 16.0 Å². The summed E-state index contributed by atoms with van der Waals surface area (Å²) in [5, 5.41) is 16.2. The highest BCUT2D eigenvalue weighted by Gasteiger charge is 2.35. The molecule has 4 amide bonds. The van der Waals surface area contributed by atoms with E-state index in [1.807, 2.05) is 0 Å². The molecular weight excluding hydrogens is 266 g/mol. The Morgan fingerprint density at radius 1 is 1.15 bits per heavy atom. The van der Waals surface area contributed by atoms with Crippen LogP contribution in [0, 0.1) is 5.92 Å². The normalized spacial score (nSPS) is 29.7. The van der Waals surface area contributed by atoms with Crippen molar-refractivity contribution in [1.29, 1.82) is 0 Å². The van der Waals surface area contributed by atoms with Gasteiger partial charge in [0.05, 0.1) is 5.92 Å². The number of piperidine rings is 1. The first-order valence-electron chi connectivity index (χ1n) is 6.61. The molecule has 0 bridgehead atoms. The Balaban J connectivity index is 1.85. The molecule has 3 unspecified atom stereocenters. The first kappa shape index (κ1) is 14.3. The fourth-order valence-electron chi connectivity index (χ4n) is 2.63. The van der Waals surface area contributed by atoms with Crippen molar-refractivity contribution in [2.24, 2.45) is 5.92 Å². The summed E-state index contributed by atoms with van der Waals surface area (Å²) >= 11 is 0. The average Bonchev–Trinajstić information content (AvgIpc) is 2.81. The van der Waals surface area contributed by atoms with Gasteiger partial charge >= 0.3 is 12.0 Å². The summed E-state index contributed by atoms with van der Waals surface area (Å²) in [6.45, 7) is 0. The largest absolute Gasteiger partial charge is 0.481 e. The number of urea groups is 1. The highest BCUT2D eigenvalue weighted by Crippen LogP contribution is 2.25. The predicted molar refractivity (Wildman–Crippen MR) is 66.6 cm³/mol. The van der Waals surface area contributed by atoms with Gasteiger partial charge in [0.2, 0.25) is 11.8 Å². The highest BCUT2D eigenvalue weighted by molar-refractivity contribution is 6.01. The molecule has 0 radical (unpaired) electrons. The summed E-state index contributed by atoms with van der Waals surface area (Å²) in [6.07, 6.45) is 2.34. The second-order valence-corrected chi connectivity index (χ2v) is 5.10. The molecule has 20 heavy (non-hydrogen) atoms. The third kappa shape index (κ3) is 3.25. The molecular formula is C12H17N3O5. The van der Waals surface area contributed by atoms with Crippen LogP contribution in [-0.2, 0) is 14.4 Å². The predicted octanol–water partition coefficient (Wildman–Crippen LogP) is -0.656. The Morgan fingerprint density at radius 2 is 1.90 bits per heavy atom. The number of carboxylic acid groups (broad SMARTS) is 1. The number of rotatable bonds is 3. The quantitative estimate of drug-likeness (QED) is 0.512. The monoisotopic (exact) mass is 283 g/mol. The Morgan fingerprint density at radius 3 is 2.55 bits per heavy atom. The van der Waals surface area contributed by atoms with Gasteiger partial charge in [0.25, 0.3) is 0 Å². The van der Waals surface area contributed by atoms with Crippen LogP contribution in [0.15, 0.2) is 0 Å². The van der Waals surface area contributed by atoms with Crippen LogP contribution in [0.25, 0.3) is 0 Å². The number of imide groups is 1. The maximum absolute atomic E-state index is 11.8. The van der Waals surface area contributed by atoms with Gasteiger partial charge in [0.1, 0.15) is 6.04 Å². The summed E-state index contributed by atoms with van der Waals surface area (Å²) in [6, 6.07) is -1.74. The number of hydrogen-bond donors (Lipinski definition) is 4. The van der Waals surface area contributed by atoms with E-state index in [1.165, 1.54) is 0 Å². The van der Waals surface area contributed by atoms with E-state index < -0.39 is 35.9 Å². The third-order valence-corrected chi connectivity index (χ3v) is 3.69. The number of hydrogen-bond acceptors (Lipinski definition) is 4. The van der Waals surface area contributed by atoms with Gasteiger partial charge in [-0.2, -0.15) is 0 Å². The molecule has 8 heteroatoms. The van der Waals surface area contributed by atoms with Crippen LogP contribution in [0.2, 0.25) is 0 Å². The Labute approximate surface area is 115 Å². The first-order chi connectivity index (χ1) is 9.47. The minimum Gasteiger partial charge on any atom is -0.481 e. The minimum atomic E-state index is -0.922. The van der Waals surface area contributed by atoms with Crippen molar-refractivity contribution in [3.05, 3.63) is 0 Å². The summed E-state index contributed by atoms with van der Waals surface area (Å²) in [5.41, 5.74) is 0. The summed E-state index contributed by atoms with van der Waals surface area (Å²) in [4.78, 5) is 45.2. The number of nitrogens with one attached hydrogen (secondary N) is 3. The molecule has 0 aromatic carbocycles. The zero-order chi connectivity index (χ0) is 14.7. The molecule has 0 aromatic rings. The maximum Gasteiger partial charge on any atom is 0.315 e. The fraction of sp³-hybridized carbons (Fsp3) is 0.667. The van der Waals surface area contributed by atoms with Crippen molar-refractivity contribution in [2.45, 2.75) is 44.2 Å². The van der Waals surface area contributed by atoms with Crippen LogP contribution in [-0.4, -0.2) is 41.0 Å². The zero-order valence-corrected chi connectivity index (χ0v) is 10.8. The van der Waals surface area contributed by atoms with Crippen LogP contribution in [0.3, 0.4) is 0 Å². The van der Waals surface area contributed by atoms with E-state index in [0.29, 0.717) is 12.8 Å². The molecule has 1 saturated heterocycles. The van der Waals surface area contributed by atoms with Crippen LogP contribution in [0.1, 0.15) is 32.1 Å². The van der Waals surface area contributed by atoms with Crippen LogP contribution < -0.4 is 16.0 Å². The lowest BCUT2D eigenvalue weighted by atomic mass is 10.0. The molecule has 2 rings (SSSR count). The Bertz CT molecular complexity index is 450. The lowest BCUT2D eigenvalue weighted by molar-refractivity contribution is -0.142. The first-order valence-corrected chi connectivity index (χ1v) is 6.61. The average molecular weight is 283 g/mol. The second kappa shape index (κ2) is 5.89. The van der Waals surface area contributed by atoms with Crippen molar-refractivity contribution < 1.29 is 24.3 Å². The van der Waals surface area contributed by atoms with Crippen molar-refractivity contribution in [3.8, 4) is 0 Å². The molecule has 110 valence electrons. The topological polar surface area (TPSA) is 125 Å². The van der Waals surface area contributed by atoms with Gasteiger partial charge in [0, 0.05) is 12.5 Å². The van der Waals surface area contributed by atoms with Crippen molar-refractivity contribution in [3.63, 3.8) is 0 Å². The second-order valence-electron chi connectivity index (χ2n) is 5.10. The summed E-state index contributed by atoms with van der Waals surface area (Å²) in [5.74, 6) is -2.39. The maximum atomic E-state index is 11.8. The van der Waals surface area contributed by atoms with Gasteiger partial charge in [-0.3, -0.25) is 19.7 Å². The molecule has 1 heterocycles. The lowest BCUT2D eigenvalue weighted by Crippen LogP contribution is -2.56. The Hall–Kier alpha value is -2.12. The molecule has 8 nitrogen and oxygen atoms in total. The molecule has 0 spiro atoms. The molecule has 3 atom stereocenters. The van der Waals surface area contributed by atoms with E-state index in [0.717, 1.165) is 6.42 Å². The number of carbonyl (C=O) groups is 4. The van der Waals surface area contributed by atoms with Crippen LogP contribution >= 0.6 is 0 Å². The SMILES string of the molecule is O=C1CCC(NC(=O)NC2CCCC2C(=O)O)C(=O)N1. The van der Waals surface area contributed by atoms with Crippen LogP contribution in [0.5, 0.6) is 0 Å². The molecule has 2 aliphatic rings. The van der Waals surface area contributed by atoms with E-state index in [2.05, 4.69) is 16.0 Å². The van der Waals surface area contributed by atoms with Gasteiger partial charge in [0.15, 0.2) is 0 Å². The fourth-order valence-corrected chi connectivity index (χ4v) is 2.63. The van der Waals surface area contributed by atoms with Crippen molar-refractivity contribution in [2.75, 3.05) is 0 Å². The smallest absolute Gasteiger partial charge is 0.315 e. The zero-order valence-electron chi connectivity index (χ0n) is 10.8. The summed E-state index contributed by atoms with van der Waals surface area (Å²) < 4.78 is 0. The van der Waals surface area contributed by atoms with Crippen molar-refractivity contribution >= 4 is 23.8 Å². The lowest BCUT2D eigenvalue weighted by Gasteiger charge is -2.24. The van der Waals surface area contributed by atoms with Crippen LogP contribution in [0.4, 0.5) is 4.79 Å². The molecule has 0 aromatic heterocycles. The van der Waals surface area contributed by atoms with Gasteiger partial charge in [-0.1, -0.05) is 6.42 Å². The minimum absolute atomic E-state index is 0.178. The highest BCUT2D eigenvalue weighted by atomic mass is 16.4. The molecule has 1 aliphatic carbocycles. The molecule has 1 aliphatic heterocycles. The van der Waals surface area contributed by atoms with Gasteiger partial charge in [-0.05, 0) is 19.3 Å². The van der Waals surface area contributed by atoms with Gasteiger partial charge in [-0.15, -0.1) is 0 Å². The van der Waals surface area contributed by atoms with E-state index in [-0.39, 0.29) is 18.7 Å². The number of amides is 4. The number of carboxylic acids is 1. The molecule has 2 fully saturated rings. The Kier molecular flexibility index (Phi) is 4.21. The van der Waals surface area contributed by atoms with E-state index in [4.69, 9.17) is 5.11 Å². The number of aliphatic carboxylic acids is 1. The van der Waals surface area contributed by atoms with E-state index >= 15 is 0 Å². The van der Waals surface area contributed by atoms with Gasteiger partial charge in [-0.25, -0.2) is 4.79 Å². The standard InChI is InChI=1S/C12H17N3O5/c16-9-5-4-8(10(17)15-9)14-12(20)13-7-3-1-2-6(7)11(18)19/h6-8H,1-5H2,(H,18,19)(H2,13,14,20)(H,15,16,17). The van der Waals surface area contributed by atoms with Gasteiger partial charge < -0.3 is 15.7 Å².